The molecule has 4 saturated carbocycles. The first kappa shape index (κ1) is 18.3. The number of hydrogen-bond acceptors (Lipinski definition) is 4. The average Bonchev–Trinajstić information content (AvgIpc) is 2.60. The first-order chi connectivity index (χ1) is 12.5. The summed E-state index contributed by atoms with van der Waals surface area (Å²) in [5, 5.41) is 3.27. The second kappa shape index (κ2) is 7.49. The molecule has 5 fully saturated rings. The van der Waals surface area contributed by atoms with Gasteiger partial charge in [-0.1, -0.05) is 0 Å². The fraction of sp³-hybridized carbons (Fsp3) is 0.905. The number of likely N-dealkylation sites (tertiary alicyclic amines) is 1. The number of piperidine rings is 1. The molecule has 0 unspecified atom stereocenters. The number of hydrogen-bond donors (Lipinski definition) is 1. The van der Waals surface area contributed by atoms with Crippen LogP contribution in [0, 0.1) is 29.1 Å². The van der Waals surface area contributed by atoms with E-state index in [0.29, 0.717) is 18.6 Å². The number of nitrogens with zero attached hydrogens (tertiary/aromatic N) is 1. The van der Waals surface area contributed by atoms with Gasteiger partial charge in [-0.3, -0.25) is 14.5 Å². The van der Waals surface area contributed by atoms with Crippen molar-refractivity contribution in [1.29, 1.82) is 0 Å². The van der Waals surface area contributed by atoms with Crippen LogP contribution in [0.4, 0.5) is 0 Å². The number of amides is 1. The molecular formula is C21H34N2O3. The van der Waals surface area contributed by atoms with Crippen molar-refractivity contribution in [3.8, 4) is 0 Å². The molecule has 26 heavy (non-hydrogen) atoms. The third kappa shape index (κ3) is 3.92. The molecule has 146 valence electrons. The minimum atomic E-state index is -0.0709. The monoisotopic (exact) mass is 362 g/mol. The number of carbonyl (C=O) groups is 2. The molecular weight excluding hydrogens is 328 g/mol. The predicted molar refractivity (Wildman–Crippen MR) is 99.4 cm³/mol. The molecule has 4 aliphatic carbocycles. The van der Waals surface area contributed by atoms with Crippen LogP contribution in [0.25, 0.3) is 0 Å². The highest BCUT2D eigenvalue weighted by atomic mass is 16.5. The van der Waals surface area contributed by atoms with Crippen molar-refractivity contribution in [3.05, 3.63) is 0 Å². The summed E-state index contributed by atoms with van der Waals surface area (Å²) in [6.45, 7) is 5.28. The molecule has 5 nitrogen and oxygen atoms in total. The zero-order chi connectivity index (χ0) is 18.1. The van der Waals surface area contributed by atoms with Crippen LogP contribution >= 0.6 is 0 Å². The molecule has 5 rings (SSSR count). The van der Waals surface area contributed by atoms with Crippen molar-refractivity contribution in [2.75, 3.05) is 32.8 Å². The summed E-state index contributed by atoms with van der Waals surface area (Å²) in [4.78, 5) is 26.5. The first-order valence-electron chi connectivity index (χ1n) is 10.7. The molecule has 5 heteroatoms. The van der Waals surface area contributed by atoms with E-state index in [1.54, 1.807) is 0 Å². The molecule has 0 spiro atoms. The third-order valence-corrected chi connectivity index (χ3v) is 7.40. The molecule has 0 aromatic heterocycles. The largest absolute Gasteiger partial charge is 0.466 e. The molecule has 0 aromatic carbocycles. The van der Waals surface area contributed by atoms with Crippen LogP contribution < -0.4 is 5.32 Å². The summed E-state index contributed by atoms with van der Waals surface area (Å²) in [5.74, 6) is 2.90. The predicted octanol–water partition coefficient (Wildman–Crippen LogP) is 2.59. The molecule has 4 bridgehead atoms. The van der Waals surface area contributed by atoms with Gasteiger partial charge in [0.2, 0.25) is 5.91 Å². The standard InChI is InChI=1S/C21H34N2O3/c1-2-26-20(25)18-3-5-23(6-4-18)13-19(24)22-14-21-10-15-7-16(11-21)9-17(8-15)12-21/h15-18H,2-14H2,1H3,(H,22,24). The zero-order valence-corrected chi connectivity index (χ0v) is 16.2. The van der Waals surface area contributed by atoms with Crippen LogP contribution in [0.5, 0.6) is 0 Å². The number of nitrogens with one attached hydrogen (secondary N) is 1. The average molecular weight is 363 g/mol. The number of esters is 1. The van der Waals surface area contributed by atoms with E-state index in [9.17, 15) is 9.59 Å². The normalized spacial score (nSPS) is 36.9. The molecule has 0 aromatic rings. The van der Waals surface area contributed by atoms with Gasteiger partial charge in [0.05, 0.1) is 19.1 Å². The van der Waals surface area contributed by atoms with E-state index in [4.69, 9.17) is 4.74 Å². The van der Waals surface area contributed by atoms with Crippen LogP contribution in [-0.2, 0) is 14.3 Å². The Balaban J connectivity index is 1.20. The third-order valence-electron chi connectivity index (χ3n) is 7.40. The zero-order valence-electron chi connectivity index (χ0n) is 16.2. The maximum atomic E-state index is 12.5. The van der Waals surface area contributed by atoms with Crippen molar-refractivity contribution in [2.24, 2.45) is 29.1 Å². The molecule has 5 aliphatic rings. The van der Waals surface area contributed by atoms with Gasteiger partial charge in [-0.15, -0.1) is 0 Å². The first-order valence-corrected chi connectivity index (χ1v) is 10.7. The van der Waals surface area contributed by atoms with Crippen molar-refractivity contribution < 1.29 is 14.3 Å². The van der Waals surface area contributed by atoms with Crippen LogP contribution in [0.15, 0.2) is 0 Å². The Labute approximate surface area is 157 Å². The Morgan fingerprint density at radius 1 is 1.04 bits per heavy atom. The molecule has 1 saturated heterocycles. The fourth-order valence-electron chi connectivity index (χ4n) is 6.64. The van der Waals surface area contributed by atoms with Crippen molar-refractivity contribution >= 4 is 11.9 Å². The Bertz CT molecular complexity index is 504. The maximum absolute atomic E-state index is 12.5. The highest BCUT2D eigenvalue weighted by molar-refractivity contribution is 5.78. The maximum Gasteiger partial charge on any atom is 0.309 e. The minimum absolute atomic E-state index is 0.0151. The smallest absolute Gasteiger partial charge is 0.309 e. The summed E-state index contributed by atoms with van der Waals surface area (Å²) in [7, 11) is 0. The van der Waals surface area contributed by atoms with Crippen molar-refractivity contribution in [2.45, 2.75) is 58.3 Å². The van der Waals surface area contributed by atoms with Gasteiger partial charge in [0.15, 0.2) is 0 Å². The van der Waals surface area contributed by atoms with Crippen LogP contribution in [0.2, 0.25) is 0 Å². The van der Waals surface area contributed by atoms with Crippen LogP contribution in [0.1, 0.15) is 58.3 Å². The molecule has 0 atom stereocenters. The van der Waals surface area contributed by atoms with E-state index < -0.39 is 0 Å². The van der Waals surface area contributed by atoms with E-state index in [2.05, 4.69) is 10.2 Å². The van der Waals surface area contributed by atoms with E-state index >= 15 is 0 Å². The molecule has 1 heterocycles. The van der Waals surface area contributed by atoms with E-state index in [1.807, 2.05) is 6.92 Å². The lowest BCUT2D eigenvalue weighted by atomic mass is 9.49. The van der Waals surface area contributed by atoms with Gasteiger partial charge >= 0.3 is 5.97 Å². The molecule has 0 radical (unpaired) electrons. The second-order valence-corrected chi connectivity index (χ2v) is 9.50. The van der Waals surface area contributed by atoms with Crippen molar-refractivity contribution in [3.63, 3.8) is 0 Å². The highest BCUT2D eigenvalue weighted by Gasteiger charge is 2.50. The van der Waals surface area contributed by atoms with Gasteiger partial charge in [0.25, 0.3) is 0 Å². The Morgan fingerprint density at radius 3 is 2.15 bits per heavy atom. The topological polar surface area (TPSA) is 58.6 Å². The fourth-order valence-corrected chi connectivity index (χ4v) is 6.64. The number of ether oxygens (including phenoxy) is 1. The van der Waals surface area contributed by atoms with Gasteiger partial charge in [-0.25, -0.2) is 0 Å². The highest BCUT2D eigenvalue weighted by Crippen LogP contribution is 2.59. The summed E-state index contributed by atoms with van der Waals surface area (Å²) < 4.78 is 5.12. The summed E-state index contributed by atoms with van der Waals surface area (Å²) in [6.07, 6.45) is 9.97. The van der Waals surface area contributed by atoms with Crippen LogP contribution in [0.3, 0.4) is 0 Å². The lowest BCUT2D eigenvalue weighted by Crippen LogP contribution is -2.52. The van der Waals surface area contributed by atoms with E-state index in [0.717, 1.165) is 50.2 Å². The molecule has 1 amide bonds. The van der Waals surface area contributed by atoms with E-state index in [1.165, 1.54) is 38.5 Å². The van der Waals surface area contributed by atoms with Gasteiger partial charge in [0.1, 0.15) is 0 Å². The Kier molecular flexibility index (Phi) is 5.27. The minimum Gasteiger partial charge on any atom is -0.466 e. The molecule has 1 N–H and O–H groups in total. The van der Waals surface area contributed by atoms with Gasteiger partial charge in [-0.2, -0.15) is 0 Å². The molecule has 1 aliphatic heterocycles. The quantitative estimate of drug-likeness (QED) is 0.738. The summed E-state index contributed by atoms with van der Waals surface area (Å²) >= 11 is 0. The summed E-state index contributed by atoms with van der Waals surface area (Å²) in [5.41, 5.74) is 0.404. The van der Waals surface area contributed by atoms with Gasteiger partial charge in [0, 0.05) is 6.54 Å². The van der Waals surface area contributed by atoms with Gasteiger partial charge < -0.3 is 10.1 Å². The number of rotatable bonds is 6. The SMILES string of the molecule is CCOC(=O)C1CCN(CC(=O)NCC23CC4CC(CC(C4)C2)C3)CC1. The van der Waals surface area contributed by atoms with Crippen LogP contribution in [-0.4, -0.2) is 49.6 Å². The lowest BCUT2D eigenvalue weighted by Gasteiger charge is -2.57. The number of carbonyl (C=O) groups excluding carboxylic acids is 2. The van der Waals surface area contributed by atoms with E-state index in [-0.39, 0.29) is 17.8 Å². The summed E-state index contributed by atoms with van der Waals surface area (Å²) in [6, 6.07) is 0. The van der Waals surface area contributed by atoms with Crippen molar-refractivity contribution in [1.82, 2.24) is 10.2 Å². The second-order valence-electron chi connectivity index (χ2n) is 9.50. The lowest BCUT2D eigenvalue weighted by molar-refractivity contribution is -0.149. The Hall–Kier alpha value is -1.10. The Morgan fingerprint density at radius 2 is 1.62 bits per heavy atom. The van der Waals surface area contributed by atoms with Gasteiger partial charge in [-0.05, 0) is 94.5 Å².